The van der Waals surface area contributed by atoms with E-state index >= 15 is 0 Å². The quantitative estimate of drug-likeness (QED) is 0.788. The lowest BCUT2D eigenvalue weighted by Crippen LogP contribution is -2.32. The van der Waals surface area contributed by atoms with Crippen molar-refractivity contribution in [2.45, 2.75) is 31.7 Å². The number of nitrogens with one attached hydrogen (secondary N) is 2. The molecule has 0 radical (unpaired) electrons. The van der Waals surface area contributed by atoms with Crippen molar-refractivity contribution < 1.29 is 14.7 Å². The van der Waals surface area contributed by atoms with Crippen LogP contribution < -0.4 is 15.7 Å². The molecule has 28 heavy (non-hydrogen) atoms. The van der Waals surface area contributed by atoms with Gasteiger partial charge < -0.3 is 20.5 Å². The summed E-state index contributed by atoms with van der Waals surface area (Å²) < 4.78 is 0. The molecule has 0 spiro atoms. The smallest absolute Gasteiger partial charge is 0.251 e. The number of rotatable bonds is 5. The topological polar surface area (TPSA) is 81.3 Å². The summed E-state index contributed by atoms with van der Waals surface area (Å²) in [5.74, 6) is -0.761. The Morgan fingerprint density at radius 2 is 2.07 bits per heavy atom. The van der Waals surface area contributed by atoms with Crippen LogP contribution in [-0.4, -0.2) is 18.4 Å². The molecular formula is C23H23N2O3-. The fourth-order valence-corrected chi connectivity index (χ4v) is 4.31. The molecule has 0 unspecified atom stereocenters. The molecule has 0 saturated carbocycles. The van der Waals surface area contributed by atoms with E-state index in [-0.39, 0.29) is 30.8 Å². The van der Waals surface area contributed by atoms with Gasteiger partial charge in [-0.05, 0) is 48.6 Å². The van der Waals surface area contributed by atoms with Gasteiger partial charge in [-0.1, -0.05) is 42.0 Å². The standard InChI is InChI=1S/C23H24N2O3/c1-14-4-2-5-15(12-14)22-18-7-3-6-17(18)19-13-16(8-9-20(19)25-22)23(28)24-11-10-21(26)27/h2-6,8-9,12-13,17-18,22,25H,7,10-11H2,1H3,(H,24,28)(H,26,27)/p-1/t17-,18+,22+/m0/s1. The highest BCUT2D eigenvalue weighted by atomic mass is 16.4. The van der Waals surface area contributed by atoms with E-state index in [2.05, 4.69) is 54.0 Å². The lowest BCUT2D eigenvalue weighted by atomic mass is 9.76. The van der Waals surface area contributed by atoms with E-state index in [1.165, 1.54) is 11.1 Å². The molecule has 1 amide bonds. The van der Waals surface area contributed by atoms with Crippen molar-refractivity contribution >= 4 is 17.6 Å². The zero-order valence-electron chi connectivity index (χ0n) is 15.8. The molecule has 2 aliphatic rings. The second-order valence-corrected chi connectivity index (χ2v) is 7.57. The third-order valence-electron chi connectivity index (χ3n) is 5.64. The molecule has 2 N–H and O–H groups in total. The first-order valence-electron chi connectivity index (χ1n) is 9.64. The van der Waals surface area contributed by atoms with Gasteiger partial charge in [0.1, 0.15) is 0 Å². The SMILES string of the molecule is Cc1cccc([C@H]2Nc3ccc(C(=O)NCCC(=O)[O-])cc3[C@H]3C=CC[C@H]32)c1. The van der Waals surface area contributed by atoms with Gasteiger partial charge >= 0.3 is 0 Å². The Morgan fingerprint density at radius 1 is 1.21 bits per heavy atom. The average Bonchev–Trinajstić information content (AvgIpc) is 3.16. The fraction of sp³-hybridized carbons (Fsp3) is 0.304. The summed E-state index contributed by atoms with van der Waals surface area (Å²) in [4.78, 5) is 22.9. The van der Waals surface area contributed by atoms with E-state index in [0.717, 1.165) is 17.7 Å². The summed E-state index contributed by atoms with van der Waals surface area (Å²) in [6.07, 6.45) is 5.27. The lowest BCUT2D eigenvalue weighted by molar-refractivity contribution is -0.305. The first-order chi connectivity index (χ1) is 13.5. The molecule has 5 heteroatoms. The Hall–Kier alpha value is -3.08. The Morgan fingerprint density at radius 3 is 2.86 bits per heavy atom. The molecule has 5 nitrogen and oxygen atoms in total. The van der Waals surface area contributed by atoms with Crippen LogP contribution in [0.25, 0.3) is 0 Å². The number of carbonyl (C=O) groups is 2. The number of carboxylic acids is 1. The number of carboxylic acid groups (broad SMARTS) is 1. The Kier molecular flexibility index (Phi) is 4.90. The normalized spacial score (nSPS) is 22.1. The van der Waals surface area contributed by atoms with Crippen molar-refractivity contribution in [2.75, 3.05) is 11.9 Å². The largest absolute Gasteiger partial charge is 0.550 e. The number of carbonyl (C=O) groups excluding carboxylic acids is 2. The highest BCUT2D eigenvalue weighted by Gasteiger charge is 2.38. The molecule has 144 valence electrons. The minimum atomic E-state index is -1.17. The minimum Gasteiger partial charge on any atom is -0.550 e. The van der Waals surface area contributed by atoms with Crippen LogP contribution in [-0.2, 0) is 4.79 Å². The number of hydrogen-bond acceptors (Lipinski definition) is 4. The van der Waals surface area contributed by atoms with Crippen LogP contribution in [0.1, 0.15) is 51.8 Å². The molecule has 0 saturated heterocycles. The second-order valence-electron chi connectivity index (χ2n) is 7.57. The molecule has 0 aromatic heterocycles. The number of anilines is 1. The third-order valence-corrected chi connectivity index (χ3v) is 5.64. The van der Waals surface area contributed by atoms with Gasteiger partial charge in [0.05, 0.1) is 6.04 Å². The highest BCUT2D eigenvalue weighted by molar-refractivity contribution is 5.95. The van der Waals surface area contributed by atoms with Crippen LogP contribution in [0, 0.1) is 12.8 Å². The van der Waals surface area contributed by atoms with Crippen LogP contribution in [0.4, 0.5) is 5.69 Å². The first kappa shape index (κ1) is 18.3. The highest BCUT2D eigenvalue weighted by Crippen LogP contribution is 2.49. The van der Waals surface area contributed by atoms with E-state index in [1.54, 1.807) is 6.07 Å². The lowest BCUT2D eigenvalue weighted by Gasteiger charge is -2.37. The van der Waals surface area contributed by atoms with Crippen molar-refractivity contribution in [3.05, 3.63) is 76.9 Å². The zero-order chi connectivity index (χ0) is 19.7. The number of benzene rings is 2. The fourth-order valence-electron chi connectivity index (χ4n) is 4.31. The Labute approximate surface area is 164 Å². The number of aryl methyl sites for hydroxylation is 1. The summed E-state index contributed by atoms with van der Waals surface area (Å²) >= 11 is 0. The van der Waals surface area contributed by atoms with Crippen molar-refractivity contribution in [1.82, 2.24) is 5.32 Å². The van der Waals surface area contributed by atoms with E-state index in [9.17, 15) is 14.7 Å². The van der Waals surface area contributed by atoms with Gasteiger partial charge in [-0.15, -0.1) is 0 Å². The number of fused-ring (bicyclic) bond motifs is 3. The van der Waals surface area contributed by atoms with Crippen LogP contribution in [0.15, 0.2) is 54.6 Å². The van der Waals surface area contributed by atoms with Crippen molar-refractivity contribution in [3.63, 3.8) is 0 Å². The van der Waals surface area contributed by atoms with E-state index in [0.29, 0.717) is 11.5 Å². The average molecular weight is 375 g/mol. The molecule has 2 aromatic rings. The van der Waals surface area contributed by atoms with E-state index in [1.807, 2.05) is 12.1 Å². The van der Waals surface area contributed by atoms with Crippen molar-refractivity contribution in [2.24, 2.45) is 5.92 Å². The third kappa shape index (κ3) is 3.52. The van der Waals surface area contributed by atoms with Crippen LogP contribution >= 0.6 is 0 Å². The molecule has 1 aliphatic carbocycles. The number of amides is 1. The Balaban J connectivity index is 1.60. The van der Waals surface area contributed by atoms with E-state index in [4.69, 9.17) is 0 Å². The number of aliphatic carboxylic acids is 1. The minimum absolute atomic E-state index is 0.0674. The molecule has 1 heterocycles. The summed E-state index contributed by atoms with van der Waals surface area (Å²) in [6, 6.07) is 14.5. The van der Waals surface area contributed by atoms with Gasteiger partial charge in [-0.3, -0.25) is 4.79 Å². The molecule has 2 aromatic carbocycles. The molecule has 0 bridgehead atoms. The van der Waals surface area contributed by atoms with Gasteiger partial charge in [-0.25, -0.2) is 0 Å². The molecule has 4 rings (SSSR count). The van der Waals surface area contributed by atoms with Crippen LogP contribution in [0.5, 0.6) is 0 Å². The zero-order valence-corrected chi connectivity index (χ0v) is 15.8. The summed E-state index contributed by atoms with van der Waals surface area (Å²) in [5.41, 5.74) is 5.25. The maximum atomic E-state index is 12.4. The second kappa shape index (κ2) is 7.50. The predicted molar refractivity (Wildman–Crippen MR) is 106 cm³/mol. The summed E-state index contributed by atoms with van der Waals surface area (Å²) in [6.45, 7) is 2.17. The maximum absolute atomic E-state index is 12.4. The van der Waals surface area contributed by atoms with Crippen molar-refractivity contribution in [1.29, 1.82) is 0 Å². The number of hydrogen-bond donors (Lipinski definition) is 2. The van der Waals surface area contributed by atoms with Gasteiger partial charge in [0.25, 0.3) is 5.91 Å². The van der Waals surface area contributed by atoms with Gasteiger partial charge in [0.2, 0.25) is 0 Å². The van der Waals surface area contributed by atoms with Crippen LogP contribution in [0.2, 0.25) is 0 Å². The van der Waals surface area contributed by atoms with Gasteiger partial charge in [0.15, 0.2) is 0 Å². The maximum Gasteiger partial charge on any atom is 0.251 e. The van der Waals surface area contributed by atoms with Gasteiger partial charge in [-0.2, -0.15) is 0 Å². The number of allylic oxidation sites excluding steroid dienone is 2. The van der Waals surface area contributed by atoms with E-state index < -0.39 is 5.97 Å². The molecule has 1 aliphatic heterocycles. The predicted octanol–water partition coefficient (Wildman–Crippen LogP) is 2.69. The monoisotopic (exact) mass is 375 g/mol. The molecule has 0 fully saturated rings. The molecule has 3 atom stereocenters. The summed E-state index contributed by atoms with van der Waals surface area (Å²) in [5, 5.41) is 16.8. The molecular weight excluding hydrogens is 352 g/mol. The summed E-state index contributed by atoms with van der Waals surface area (Å²) in [7, 11) is 0. The van der Waals surface area contributed by atoms with Crippen molar-refractivity contribution in [3.8, 4) is 0 Å². The van der Waals surface area contributed by atoms with Crippen LogP contribution in [0.3, 0.4) is 0 Å². The first-order valence-corrected chi connectivity index (χ1v) is 9.64. The Bertz CT molecular complexity index is 951. The van der Waals surface area contributed by atoms with Gasteiger partial charge in [0, 0.05) is 36.1 Å².